The first kappa shape index (κ1) is 17.9. The highest BCUT2D eigenvalue weighted by Crippen LogP contribution is 2.28. The largest absolute Gasteiger partial charge is 0.474 e. The summed E-state index contributed by atoms with van der Waals surface area (Å²) in [7, 11) is 0. The zero-order chi connectivity index (χ0) is 18.6. The van der Waals surface area contributed by atoms with Gasteiger partial charge in [0.25, 0.3) is 0 Å². The van der Waals surface area contributed by atoms with Crippen molar-refractivity contribution in [3.63, 3.8) is 0 Å². The molecule has 1 aliphatic carbocycles. The molecule has 1 aromatic carbocycles. The number of anilines is 2. The van der Waals surface area contributed by atoms with Crippen LogP contribution < -0.4 is 15.8 Å². The van der Waals surface area contributed by atoms with Gasteiger partial charge in [-0.05, 0) is 55.9 Å². The summed E-state index contributed by atoms with van der Waals surface area (Å²) in [5.74, 6) is 1.12. The fourth-order valence-corrected chi connectivity index (χ4v) is 3.84. The van der Waals surface area contributed by atoms with Crippen molar-refractivity contribution in [2.75, 3.05) is 5.32 Å². The lowest BCUT2D eigenvalue weighted by Gasteiger charge is -2.26. The molecule has 4 rings (SSSR count). The molecule has 0 amide bonds. The van der Waals surface area contributed by atoms with Crippen LogP contribution in [0.4, 0.5) is 11.6 Å². The van der Waals surface area contributed by atoms with E-state index in [2.05, 4.69) is 50.9 Å². The van der Waals surface area contributed by atoms with Crippen molar-refractivity contribution in [3.05, 3.63) is 47.7 Å². The van der Waals surface area contributed by atoms with Crippen molar-refractivity contribution in [2.24, 2.45) is 5.73 Å². The van der Waals surface area contributed by atoms with E-state index in [1.54, 1.807) is 12.3 Å². The summed E-state index contributed by atoms with van der Waals surface area (Å²) in [6.45, 7) is 2.06. The average Bonchev–Trinajstić information content (AvgIpc) is 3.18. The fraction of sp³-hybridized carbons (Fsp3) is 0.350. The van der Waals surface area contributed by atoms with E-state index < -0.39 is 0 Å². The highest BCUT2D eigenvalue weighted by Gasteiger charge is 2.20. The number of nitrogens with zero attached hydrogens (tertiary/aromatic N) is 3. The summed E-state index contributed by atoms with van der Waals surface area (Å²) in [5, 5.41) is 3.28. The third-order valence-electron chi connectivity index (χ3n) is 4.64. The molecule has 139 valence electrons. The van der Waals surface area contributed by atoms with Crippen molar-refractivity contribution in [1.82, 2.24) is 15.0 Å². The molecule has 2 heterocycles. The van der Waals surface area contributed by atoms with Crippen LogP contribution in [-0.4, -0.2) is 27.1 Å². The van der Waals surface area contributed by atoms with Crippen LogP contribution in [0, 0.1) is 12.4 Å². The van der Waals surface area contributed by atoms with Gasteiger partial charge in [-0.2, -0.15) is 4.98 Å². The molecule has 6 nitrogen and oxygen atoms in total. The average molecular weight is 380 g/mol. The highest BCUT2D eigenvalue weighted by atomic mass is 32.1. The molecular weight excluding hydrogens is 358 g/mol. The predicted octanol–water partition coefficient (Wildman–Crippen LogP) is 4.10. The molecule has 0 saturated heterocycles. The maximum Gasteiger partial charge on any atom is 0.230 e. The standard InChI is InChI=1S/C20H22N5OS/c1-13-8-14(18-11-22-12-27-18)10-16(9-13)24-20-23-7-6-19(25-20)26-17-4-2-15(21)3-5-17/h6-11,15,17H,2-5,21H2,1H3,(H,23,24,25). The molecule has 3 aromatic rings. The lowest BCUT2D eigenvalue weighted by atomic mass is 9.94. The normalized spacial score (nSPS) is 19.6. The number of ether oxygens (including phenoxy) is 1. The third-order valence-corrected chi connectivity index (χ3v) is 5.40. The second kappa shape index (κ2) is 8.02. The third kappa shape index (κ3) is 4.61. The van der Waals surface area contributed by atoms with E-state index in [1.165, 1.54) is 11.3 Å². The molecule has 1 radical (unpaired) electrons. The molecule has 1 saturated carbocycles. The van der Waals surface area contributed by atoms with Crippen molar-refractivity contribution in [1.29, 1.82) is 0 Å². The van der Waals surface area contributed by atoms with E-state index in [-0.39, 0.29) is 6.10 Å². The number of thiazole rings is 1. The van der Waals surface area contributed by atoms with Gasteiger partial charge >= 0.3 is 0 Å². The molecule has 0 spiro atoms. The van der Waals surface area contributed by atoms with Crippen LogP contribution in [-0.2, 0) is 0 Å². The van der Waals surface area contributed by atoms with Gasteiger partial charge in [-0.25, -0.2) is 9.97 Å². The van der Waals surface area contributed by atoms with Gasteiger partial charge in [0.15, 0.2) is 5.51 Å². The molecule has 2 aromatic heterocycles. The molecular formula is C20H22N5OS. The zero-order valence-corrected chi connectivity index (χ0v) is 16.0. The summed E-state index contributed by atoms with van der Waals surface area (Å²) in [6.07, 6.45) is 7.67. The van der Waals surface area contributed by atoms with Gasteiger partial charge in [0.1, 0.15) is 6.10 Å². The lowest BCUT2D eigenvalue weighted by Crippen LogP contribution is -2.31. The summed E-state index contributed by atoms with van der Waals surface area (Å²) in [4.78, 5) is 14.0. The number of nitrogens with two attached hydrogens (primary N) is 1. The van der Waals surface area contributed by atoms with Crippen LogP contribution in [0.2, 0.25) is 0 Å². The van der Waals surface area contributed by atoms with E-state index in [9.17, 15) is 0 Å². The summed E-state index contributed by atoms with van der Waals surface area (Å²) < 4.78 is 6.03. The van der Waals surface area contributed by atoms with Crippen molar-refractivity contribution in [2.45, 2.75) is 44.8 Å². The second-order valence-electron chi connectivity index (χ2n) is 6.90. The Morgan fingerprint density at radius 3 is 2.85 bits per heavy atom. The molecule has 27 heavy (non-hydrogen) atoms. The Hall–Kier alpha value is -2.51. The van der Waals surface area contributed by atoms with Crippen molar-refractivity contribution in [3.8, 4) is 16.3 Å². The number of aromatic nitrogens is 3. The smallest absolute Gasteiger partial charge is 0.230 e. The topological polar surface area (TPSA) is 86.0 Å². The second-order valence-corrected chi connectivity index (χ2v) is 7.73. The molecule has 0 atom stereocenters. The van der Waals surface area contributed by atoms with Crippen LogP contribution >= 0.6 is 11.3 Å². The predicted molar refractivity (Wildman–Crippen MR) is 107 cm³/mol. The Labute approximate surface area is 162 Å². The quantitative estimate of drug-likeness (QED) is 0.693. The Morgan fingerprint density at radius 2 is 2.07 bits per heavy atom. The summed E-state index contributed by atoms with van der Waals surface area (Å²) in [5.41, 5.74) is 12.0. The van der Waals surface area contributed by atoms with Gasteiger partial charge in [0, 0.05) is 30.2 Å². The van der Waals surface area contributed by atoms with E-state index >= 15 is 0 Å². The van der Waals surface area contributed by atoms with E-state index in [0.717, 1.165) is 47.4 Å². The SMILES string of the molecule is Cc1cc(Nc2nccc(OC3CCC(N)CC3)n2)cc(-c2cn[c]s2)c1. The van der Waals surface area contributed by atoms with Crippen LogP contribution in [0.1, 0.15) is 31.2 Å². The van der Waals surface area contributed by atoms with Gasteiger partial charge < -0.3 is 15.8 Å². The van der Waals surface area contributed by atoms with Crippen LogP contribution in [0.3, 0.4) is 0 Å². The number of nitrogens with one attached hydrogen (secondary N) is 1. The zero-order valence-electron chi connectivity index (χ0n) is 15.2. The lowest BCUT2D eigenvalue weighted by molar-refractivity contribution is 0.141. The molecule has 1 aliphatic rings. The van der Waals surface area contributed by atoms with Crippen molar-refractivity contribution >= 4 is 23.0 Å². The minimum atomic E-state index is 0.181. The first-order valence-corrected chi connectivity index (χ1v) is 9.93. The number of hydrogen-bond acceptors (Lipinski definition) is 7. The van der Waals surface area contributed by atoms with Crippen LogP contribution in [0.15, 0.2) is 36.7 Å². The Bertz CT molecular complexity index is 891. The first-order valence-electron chi connectivity index (χ1n) is 9.12. The van der Waals surface area contributed by atoms with Gasteiger partial charge in [-0.1, -0.05) is 6.07 Å². The number of rotatable bonds is 5. The monoisotopic (exact) mass is 380 g/mol. The van der Waals surface area contributed by atoms with Gasteiger partial charge in [0.2, 0.25) is 11.8 Å². The molecule has 0 aliphatic heterocycles. The summed E-state index contributed by atoms with van der Waals surface area (Å²) in [6, 6.07) is 8.36. The molecule has 3 N–H and O–H groups in total. The minimum absolute atomic E-state index is 0.181. The number of hydrogen-bond donors (Lipinski definition) is 2. The minimum Gasteiger partial charge on any atom is -0.474 e. The van der Waals surface area contributed by atoms with Crippen LogP contribution in [0.5, 0.6) is 5.88 Å². The van der Waals surface area contributed by atoms with E-state index in [1.807, 2.05) is 6.20 Å². The summed E-state index contributed by atoms with van der Waals surface area (Å²) >= 11 is 1.50. The number of aryl methyl sites for hydroxylation is 1. The van der Waals surface area contributed by atoms with E-state index in [4.69, 9.17) is 10.5 Å². The molecule has 0 bridgehead atoms. The maximum absolute atomic E-state index is 6.03. The fourth-order valence-electron chi connectivity index (χ4n) is 3.29. The maximum atomic E-state index is 6.03. The van der Waals surface area contributed by atoms with E-state index in [0.29, 0.717) is 17.9 Å². The Kier molecular flexibility index (Phi) is 5.31. The van der Waals surface area contributed by atoms with Crippen molar-refractivity contribution < 1.29 is 4.74 Å². The van der Waals surface area contributed by atoms with Gasteiger partial charge in [-0.3, -0.25) is 0 Å². The molecule has 0 unspecified atom stereocenters. The Morgan fingerprint density at radius 1 is 1.22 bits per heavy atom. The Balaban J connectivity index is 1.48. The first-order chi connectivity index (χ1) is 13.2. The number of benzene rings is 1. The highest BCUT2D eigenvalue weighted by molar-refractivity contribution is 7.12. The molecule has 1 fully saturated rings. The van der Waals surface area contributed by atoms with Gasteiger partial charge in [0.05, 0.1) is 4.88 Å². The van der Waals surface area contributed by atoms with Gasteiger partial charge in [-0.15, -0.1) is 11.3 Å². The molecule has 7 heteroatoms. The van der Waals surface area contributed by atoms with Crippen LogP contribution in [0.25, 0.3) is 10.4 Å².